The highest BCUT2D eigenvalue weighted by molar-refractivity contribution is 6.06. The Kier molecular flexibility index (Phi) is 3.79. The van der Waals surface area contributed by atoms with Crippen LogP contribution in [-0.4, -0.2) is 17.1 Å². The summed E-state index contributed by atoms with van der Waals surface area (Å²) in [6, 6.07) is 19.3. The van der Waals surface area contributed by atoms with Crippen molar-refractivity contribution in [3.63, 3.8) is 0 Å². The van der Waals surface area contributed by atoms with E-state index in [1.165, 1.54) is 0 Å². The number of fused-ring (bicyclic) bond motifs is 1. The maximum atomic E-state index is 12.6. The fourth-order valence-electron chi connectivity index (χ4n) is 2.74. The molecule has 0 bridgehead atoms. The molecule has 118 valence electrons. The van der Waals surface area contributed by atoms with Crippen molar-refractivity contribution in [1.82, 2.24) is 10.4 Å². The molecular weight excluding hydrogens is 298 g/mol. The number of hydrogen-bond acceptors (Lipinski definition) is 3. The smallest absolute Gasteiger partial charge is 0.267 e. The van der Waals surface area contributed by atoms with Crippen molar-refractivity contribution in [2.75, 3.05) is 0 Å². The molecule has 1 amide bonds. The highest BCUT2D eigenvalue weighted by atomic mass is 16.2. The number of nitrogens with one attached hydrogen (secondary N) is 1. The van der Waals surface area contributed by atoms with Crippen LogP contribution in [0.4, 0.5) is 0 Å². The summed E-state index contributed by atoms with van der Waals surface area (Å²) in [4.78, 5) is 17.3. The molecule has 1 fully saturated rings. The fraction of sp³-hybridized carbons (Fsp3) is 0.150. The number of benzene rings is 2. The van der Waals surface area contributed by atoms with Gasteiger partial charge in [0.1, 0.15) is 0 Å². The highest BCUT2D eigenvalue weighted by Gasteiger charge is 2.26. The molecule has 1 saturated carbocycles. The summed E-state index contributed by atoms with van der Waals surface area (Å²) in [6.07, 6.45) is 3.94. The second-order valence-electron chi connectivity index (χ2n) is 6.00. The number of amides is 1. The summed E-state index contributed by atoms with van der Waals surface area (Å²) in [6.45, 7) is 0. The molecule has 1 N–H and O–H groups in total. The average molecular weight is 315 g/mol. The Hall–Kier alpha value is -3.01. The molecule has 0 aliphatic heterocycles. The Morgan fingerprint density at radius 2 is 1.83 bits per heavy atom. The van der Waals surface area contributed by atoms with E-state index in [4.69, 9.17) is 0 Å². The molecule has 0 atom stereocenters. The van der Waals surface area contributed by atoms with Gasteiger partial charge in [0, 0.05) is 17.0 Å². The summed E-state index contributed by atoms with van der Waals surface area (Å²) >= 11 is 0. The van der Waals surface area contributed by atoms with Gasteiger partial charge in [0.25, 0.3) is 5.91 Å². The fourth-order valence-corrected chi connectivity index (χ4v) is 2.74. The van der Waals surface area contributed by atoms with Crippen molar-refractivity contribution in [1.29, 1.82) is 0 Å². The Bertz CT molecular complexity index is 915. The van der Waals surface area contributed by atoms with E-state index in [0.717, 1.165) is 35.0 Å². The molecule has 1 aliphatic rings. The largest absolute Gasteiger partial charge is 0.272 e. The number of nitrogens with zero attached hydrogens (tertiary/aromatic N) is 2. The maximum absolute atomic E-state index is 12.6. The van der Waals surface area contributed by atoms with E-state index >= 15 is 0 Å². The molecule has 1 heterocycles. The first kappa shape index (κ1) is 14.6. The lowest BCUT2D eigenvalue weighted by Gasteiger charge is -2.08. The van der Waals surface area contributed by atoms with Gasteiger partial charge in [0.2, 0.25) is 0 Å². The van der Waals surface area contributed by atoms with E-state index in [-0.39, 0.29) is 5.91 Å². The van der Waals surface area contributed by atoms with Gasteiger partial charge in [-0.15, -0.1) is 0 Å². The van der Waals surface area contributed by atoms with Gasteiger partial charge in [-0.1, -0.05) is 48.5 Å². The Morgan fingerprint density at radius 3 is 2.62 bits per heavy atom. The molecule has 24 heavy (non-hydrogen) atoms. The minimum atomic E-state index is -0.206. The van der Waals surface area contributed by atoms with Gasteiger partial charge < -0.3 is 0 Å². The van der Waals surface area contributed by atoms with Gasteiger partial charge in [-0.3, -0.25) is 9.78 Å². The Morgan fingerprint density at radius 1 is 1.08 bits per heavy atom. The van der Waals surface area contributed by atoms with Crippen molar-refractivity contribution in [2.24, 2.45) is 5.10 Å². The molecule has 0 unspecified atom stereocenters. The molecule has 0 radical (unpaired) electrons. The predicted molar refractivity (Wildman–Crippen MR) is 95.2 cm³/mol. The molecular formula is C20H17N3O. The van der Waals surface area contributed by atoms with E-state index in [0.29, 0.717) is 11.5 Å². The molecule has 3 aromatic rings. The average Bonchev–Trinajstić information content (AvgIpc) is 3.47. The minimum absolute atomic E-state index is 0.206. The molecule has 1 aliphatic carbocycles. The summed E-state index contributed by atoms with van der Waals surface area (Å²) in [5.74, 6) is 0.289. The zero-order valence-electron chi connectivity index (χ0n) is 13.1. The van der Waals surface area contributed by atoms with Crippen molar-refractivity contribution in [3.8, 4) is 0 Å². The van der Waals surface area contributed by atoms with Crippen LogP contribution in [-0.2, 0) is 0 Å². The number of pyridine rings is 1. The third kappa shape index (κ3) is 3.04. The molecule has 4 nitrogen and oxygen atoms in total. The predicted octanol–water partition coefficient (Wildman–Crippen LogP) is 3.88. The molecule has 1 aromatic heterocycles. The monoisotopic (exact) mass is 315 g/mol. The maximum Gasteiger partial charge on any atom is 0.272 e. The summed E-state index contributed by atoms with van der Waals surface area (Å²) < 4.78 is 0. The van der Waals surface area contributed by atoms with Crippen LogP contribution < -0.4 is 5.43 Å². The van der Waals surface area contributed by atoms with Crippen LogP contribution in [0, 0.1) is 0 Å². The number of aromatic nitrogens is 1. The number of rotatable bonds is 4. The second-order valence-corrected chi connectivity index (χ2v) is 6.00. The first-order valence-electron chi connectivity index (χ1n) is 8.09. The zero-order chi connectivity index (χ0) is 16.4. The van der Waals surface area contributed by atoms with Crippen LogP contribution in [0.2, 0.25) is 0 Å². The van der Waals surface area contributed by atoms with Gasteiger partial charge in [-0.05, 0) is 30.5 Å². The van der Waals surface area contributed by atoms with E-state index in [1.54, 1.807) is 6.21 Å². The lowest BCUT2D eigenvalue weighted by atomic mass is 10.1. The van der Waals surface area contributed by atoms with Crippen LogP contribution in [0.1, 0.15) is 40.4 Å². The van der Waals surface area contributed by atoms with E-state index in [1.807, 2.05) is 60.7 Å². The standard InChI is InChI=1S/C20H17N3O/c24-20(23-21-13-14-6-2-1-3-7-14)17-12-19(15-10-11-15)22-18-9-5-4-8-16(17)18/h1-9,12-13,15H,10-11H2,(H,23,24). The van der Waals surface area contributed by atoms with E-state index in [9.17, 15) is 4.79 Å². The zero-order valence-corrected chi connectivity index (χ0v) is 13.1. The normalized spacial score (nSPS) is 14.2. The number of hydrazone groups is 1. The first-order chi connectivity index (χ1) is 11.8. The summed E-state index contributed by atoms with van der Waals surface area (Å²) in [7, 11) is 0. The number of hydrogen-bond donors (Lipinski definition) is 1. The third-order valence-corrected chi connectivity index (χ3v) is 4.16. The van der Waals surface area contributed by atoms with Crippen molar-refractivity contribution in [3.05, 3.63) is 77.5 Å². The van der Waals surface area contributed by atoms with E-state index in [2.05, 4.69) is 15.5 Å². The molecule has 0 spiro atoms. The number of carbonyl (C=O) groups excluding carboxylic acids is 1. The topological polar surface area (TPSA) is 54.4 Å². The molecule has 0 saturated heterocycles. The molecule has 4 rings (SSSR count). The van der Waals surface area contributed by atoms with E-state index < -0.39 is 0 Å². The third-order valence-electron chi connectivity index (χ3n) is 4.16. The lowest BCUT2D eigenvalue weighted by molar-refractivity contribution is 0.0956. The summed E-state index contributed by atoms with van der Waals surface area (Å²) in [5, 5.41) is 4.93. The van der Waals surface area contributed by atoms with Crippen molar-refractivity contribution < 1.29 is 4.79 Å². The van der Waals surface area contributed by atoms with Crippen molar-refractivity contribution in [2.45, 2.75) is 18.8 Å². The van der Waals surface area contributed by atoms with Gasteiger partial charge in [0.15, 0.2) is 0 Å². The first-order valence-corrected chi connectivity index (χ1v) is 8.09. The summed E-state index contributed by atoms with van der Waals surface area (Å²) in [5.41, 5.74) is 6.07. The Labute approximate surface area is 140 Å². The van der Waals surface area contributed by atoms with Crippen LogP contribution in [0.25, 0.3) is 10.9 Å². The van der Waals surface area contributed by atoms with Crippen LogP contribution in [0.5, 0.6) is 0 Å². The lowest BCUT2D eigenvalue weighted by Crippen LogP contribution is -2.18. The SMILES string of the molecule is O=C(NN=Cc1ccccc1)c1cc(C2CC2)nc2ccccc12. The van der Waals surface area contributed by atoms with Crippen LogP contribution in [0.15, 0.2) is 65.8 Å². The van der Waals surface area contributed by atoms with Gasteiger partial charge >= 0.3 is 0 Å². The van der Waals surface area contributed by atoms with Crippen molar-refractivity contribution >= 4 is 23.0 Å². The van der Waals surface area contributed by atoms with Gasteiger partial charge in [-0.25, -0.2) is 5.43 Å². The van der Waals surface area contributed by atoms with Crippen LogP contribution >= 0.6 is 0 Å². The quantitative estimate of drug-likeness (QED) is 0.587. The number of carbonyl (C=O) groups is 1. The highest BCUT2D eigenvalue weighted by Crippen LogP contribution is 2.40. The minimum Gasteiger partial charge on any atom is -0.267 e. The van der Waals surface area contributed by atoms with Crippen LogP contribution in [0.3, 0.4) is 0 Å². The Balaban J connectivity index is 1.62. The number of para-hydroxylation sites is 1. The van der Waals surface area contributed by atoms with Gasteiger partial charge in [0.05, 0.1) is 17.3 Å². The molecule has 4 heteroatoms. The van der Waals surface area contributed by atoms with Gasteiger partial charge in [-0.2, -0.15) is 5.10 Å². The molecule has 2 aromatic carbocycles. The second kappa shape index (κ2) is 6.24.